The number of halogens is 2. The zero-order valence-electron chi connectivity index (χ0n) is 6.37. The van der Waals surface area contributed by atoms with Gasteiger partial charge in [-0.05, 0) is 28.1 Å². The summed E-state index contributed by atoms with van der Waals surface area (Å²) in [6.07, 6.45) is 0.670. The maximum atomic E-state index is 10.6. The van der Waals surface area contributed by atoms with Gasteiger partial charge in [0.15, 0.2) is 17.3 Å². The standard InChI is InChI=1S/C8H4BrClN2O/c9-6-3-1-2-5-8(10)11-7(4-13)12(5)6/h1-4H. The molecule has 3 nitrogen and oxygen atoms in total. The molecule has 0 radical (unpaired) electrons. The quantitative estimate of drug-likeness (QED) is 0.583. The van der Waals surface area contributed by atoms with Crippen LogP contribution in [0.1, 0.15) is 10.6 Å². The fourth-order valence-electron chi connectivity index (χ4n) is 1.16. The Balaban J connectivity index is 2.96. The molecule has 0 fully saturated rings. The number of hydrogen-bond acceptors (Lipinski definition) is 2. The van der Waals surface area contributed by atoms with Crippen molar-refractivity contribution < 1.29 is 4.79 Å². The van der Waals surface area contributed by atoms with Crippen molar-refractivity contribution in [3.05, 3.63) is 33.8 Å². The van der Waals surface area contributed by atoms with Gasteiger partial charge in [-0.3, -0.25) is 9.20 Å². The first-order valence-electron chi connectivity index (χ1n) is 3.51. The average molecular weight is 259 g/mol. The Hall–Kier alpha value is -0.870. The second-order valence-corrected chi connectivity index (χ2v) is 3.62. The number of carbonyl (C=O) groups is 1. The minimum atomic E-state index is 0.299. The summed E-state index contributed by atoms with van der Waals surface area (Å²) in [7, 11) is 0. The minimum Gasteiger partial charge on any atom is -0.294 e. The number of carbonyl (C=O) groups excluding carboxylic acids is 1. The first-order chi connectivity index (χ1) is 6.24. The van der Waals surface area contributed by atoms with Crippen LogP contribution in [0.4, 0.5) is 0 Å². The molecule has 13 heavy (non-hydrogen) atoms. The van der Waals surface area contributed by atoms with Crippen molar-refractivity contribution in [1.29, 1.82) is 0 Å². The van der Waals surface area contributed by atoms with E-state index < -0.39 is 0 Å². The topological polar surface area (TPSA) is 34.4 Å². The Morgan fingerprint density at radius 3 is 3.00 bits per heavy atom. The summed E-state index contributed by atoms with van der Waals surface area (Å²) in [6.45, 7) is 0. The van der Waals surface area contributed by atoms with Crippen LogP contribution in [0.15, 0.2) is 22.8 Å². The minimum absolute atomic E-state index is 0.299. The normalized spacial score (nSPS) is 10.6. The number of nitrogens with zero attached hydrogens (tertiary/aromatic N) is 2. The number of aromatic nitrogens is 2. The summed E-state index contributed by atoms with van der Waals surface area (Å²) in [5, 5.41) is 0.336. The van der Waals surface area contributed by atoms with Gasteiger partial charge < -0.3 is 0 Å². The first-order valence-corrected chi connectivity index (χ1v) is 4.69. The van der Waals surface area contributed by atoms with Gasteiger partial charge in [-0.25, -0.2) is 4.98 Å². The zero-order chi connectivity index (χ0) is 9.42. The molecule has 0 aliphatic carbocycles. The van der Waals surface area contributed by atoms with E-state index in [-0.39, 0.29) is 0 Å². The van der Waals surface area contributed by atoms with Gasteiger partial charge in [0.05, 0.1) is 10.1 Å². The fourth-order valence-corrected chi connectivity index (χ4v) is 1.92. The van der Waals surface area contributed by atoms with Crippen LogP contribution < -0.4 is 0 Å². The highest BCUT2D eigenvalue weighted by Gasteiger charge is 2.09. The first kappa shape index (κ1) is 8.72. The van der Waals surface area contributed by atoms with Gasteiger partial charge in [0.1, 0.15) is 0 Å². The van der Waals surface area contributed by atoms with Crippen molar-refractivity contribution in [2.75, 3.05) is 0 Å². The van der Waals surface area contributed by atoms with E-state index in [1.807, 2.05) is 12.1 Å². The van der Waals surface area contributed by atoms with Gasteiger partial charge >= 0.3 is 0 Å². The van der Waals surface area contributed by atoms with Crippen LogP contribution in [-0.4, -0.2) is 15.7 Å². The molecule has 5 heteroatoms. The Labute approximate surface area is 87.5 Å². The van der Waals surface area contributed by atoms with Gasteiger partial charge in [0.2, 0.25) is 0 Å². The molecule has 0 aromatic carbocycles. The summed E-state index contributed by atoms with van der Waals surface area (Å²) >= 11 is 9.12. The van der Waals surface area contributed by atoms with E-state index in [9.17, 15) is 4.79 Å². The lowest BCUT2D eigenvalue weighted by atomic mass is 10.4. The molecule has 0 aliphatic heterocycles. The second kappa shape index (κ2) is 3.12. The van der Waals surface area contributed by atoms with Crippen LogP contribution in [0.3, 0.4) is 0 Å². The van der Waals surface area contributed by atoms with Crippen LogP contribution in [0.2, 0.25) is 5.15 Å². The van der Waals surface area contributed by atoms with Crippen LogP contribution in [0.5, 0.6) is 0 Å². The molecular formula is C8H4BrClN2O. The third kappa shape index (κ3) is 1.26. The highest BCUT2D eigenvalue weighted by Crippen LogP contribution is 2.21. The average Bonchev–Trinajstić information content (AvgIpc) is 2.45. The summed E-state index contributed by atoms with van der Waals surface area (Å²) in [4.78, 5) is 14.5. The van der Waals surface area contributed by atoms with Gasteiger partial charge in [-0.2, -0.15) is 0 Å². The molecule has 0 saturated heterocycles. The summed E-state index contributed by atoms with van der Waals surface area (Å²) < 4.78 is 2.40. The Morgan fingerprint density at radius 1 is 1.54 bits per heavy atom. The number of pyridine rings is 1. The predicted octanol–water partition coefficient (Wildman–Crippen LogP) is 2.56. The molecule has 2 aromatic rings. The SMILES string of the molecule is O=Cc1nc(Cl)c2cccc(Br)n12. The molecule has 0 aliphatic rings. The maximum Gasteiger partial charge on any atom is 0.186 e. The maximum absolute atomic E-state index is 10.6. The lowest BCUT2D eigenvalue weighted by molar-refractivity contribution is 0.111. The third-order valence-electron chi connectivity index (χ3n) is 1.70. The number of imidazole rings is 1. The number of aldehydes is 1. The van der Waals surface area contributed by atoms with E-state index in [0.717, 1.165) is 10.1 Å². The second-order valence-electron chi connectivity index (χ2n) is 2.45. The molecule has 2 aromatic heterocycles. The van der Waals surface area contributed by atoms with Crippen LogP contribution in [0.25, 0.3) is 5.52 Å². The number of hydrogen-bond donors (Lipinski definition) is 0. The summed E-state index contributed by atoms with van der Waals surface area (Å²) in [6, 6.07) is 5.45. The largest absolute Gasteiger partial charge is 0.294 e. The van der Waals surface area contributed by atoms with Crippen LogP contribution in [-0.2, 0) is 0 Å². The van der Waals surface area contributed by atoms with Gasteiger partial charge in [0, 0.05) is 0 Å². The number of fused-ring (bicyclic) bond motifs is 1. The third-order valence-corrected chi connectivity index (χ3v) is 2.60. The lowest BCUT2D eigenvalue weighted by Crippen LogP contribution is -1.93. The highest BCUT2D eigenvalue weighted by atomic mass is 79.9. The smallest absolute Gasteiger partial charge is 0.186 e. The predicted molar refractivity (Wildman–Crippen MR) is 53.3 cm³/mol. The van der Waals surface area contributed by atoms with E-state index >= 15 is 0 Å². The molecule has 0 atom stereocenters. The molecule has 2 heterocycles. The molecule has 0 N–H and O–H groups in total. The zero-order valence-corrected chi connectivity index (χ0v) is 8.71. The Bertz CT molecular complexity index is 480. The molecular weight excluding hydrogens is 255 g/mol. The monoisotopic (exact) mass is 258 g/mol. The van der Waals surface area contributed by atoms with Crippen LogP contribution >= 0.6 is 27.5 Å². The molecule has 0 saturated carbocycles. The van der Waals surface area contributed by atoms with Crippen molar-refractivity contribution in [1.82, 2.24) is 9.38 Å². The van der Waals surface area contributed by atoms with Crippen LogP contribution in [0, 0.1) is 0 Å². The molecule has 2 rings (SSSR count). The van der Waals surface area contributed by atoms with Gasteiger partial charge in [-0.1, -0.05) is 17.7 Å². The molecule has 0 bridgehead atoms. The van der Waals surface area contributed by atoms with Gasteiger partial charge in [0.25, 0.3) is 0 Å². The van der Waals surface area contributed by atoms with Crippen molar-refractivity contribution in [2.45, 2.75) is 0 Å². The molecule has 0 spiro atoms. The molecule has 66 valence electrons. The summed E-state index contributed by atoms with van der Waals surface area (Å²) in [5.41, 5.74) is 0.721. The lowest BCUT2D eigenvalue weighted by Gasteiger charge is -1.97. The van der Waals surface area contributed by atoms with E-state index in [1.165, 1.54) is 0 Å². The van der Waals surface area contributed by atoms with E-state index in [4.69, 9.17) is 11.6 Å². The Morgan fingerprint density at radius 2 is 2.31 bits per heavy atom. The van der Waals surface area contributed by atoms with Crippen molar-refractivity contribution in [2.24, 2.45) is 0 Å². The van der Waals surface area contributed by atoms with Gasteiger partial charge in [-0.15, -0.1) is 0 Å². The van der Waals surface area contributed by atoms with E-state index in [0.29, 0.717) is 17.3 Å². The highest BCUT2D eigenvalue weighted by molar-refractivity contribution is 9.10. The van der Waals surface area contributed by atoms with Crippen molar-refractivity contribution >= 4 is 39.3 Å². The van der Waals surface area contributed by atoms with Crippen molar-refractivity contribution in [3.63, 3.8) is 0 Å². The van der Waals surface area contributed by atoms with E-state index in [1.54, 1.807) is 10.5 Å². The van der Waals surface area contributed by atoms with E-state index in [2.05, 4.69) is 20.9 Å². The summed E-state index contributed by atoms with van der Waals surface area (Å²) in [5.74, 6) is 0.299. The number of rotatable bonds is 1. The fraction of sp³-hybridized carbons (Fsp3) is 0. The Kier molecular flexibility index (Phi) is 2.09. The molecule has 0 unspecified atom stereocenters. The van der Waals surface area contributed by atoms with Crippen molar-refractivity contribution in [3.8, 4) is 0 Å². The molecule has 0 amide bonds.